The number of aliphatic hydroxyl groups excluding tert-OH is 3. The molecule has 1 amide bonds. The van der Waals surface area contributed by atoms with Crippen LogP contribution in [0.3, 0.4) is 0 Å². The van der Waals surface area contributed by atoms with Crippen molar-refractivity contribution in [1.29, 1.82) is 0 Å². The van der Waals surface area contributed by atoms with E-state index in [0.717, 1.165) is 11.1 Å². The summed E-state index contributed by atoms with van der Waals surface area (Å²) >= 11 is 0. The fourth-order valence-corrected chi connectivity index (χ4v) is 5.37. The predicted molar refractivity (Wildman–Crippen MR) is 130 cm³/mol. The van der Waals surface area contributed by atoms with Crippen molar-refractivity contribution in [2.24, 2.45) is 0 Å². The van der Waals surface area contributed by atoms with E-state index in [1.165, 1.54) is 0 Å². The predicted octanol–water partition coefficient (Wildman–Crippen LogP) is 1.87. The normalized spacial score (nSPS) is 27.7. The second-order valence-electron chi connectivity index (χ2n) is 9.44. The number of hydrogen-bond donors (Lipinski definition) is 4. The van der Waals surface area contributed by atoms with Gasteiger partial charge in [-0.25, -0.2) is 0 Å². The van der Waals surface area contributed by atoms with Gasteiger partial charge >= 0.3 is 0 Å². The summed E-state index contributed by atoms with van der Waals surface area (Å²) in [6.45, 7) is 0.277. The summed E-state index contributed by atoms with van der Waals surface area (Å²) < 4.78 is 23.3. The molecule has 1 aliphatic carbocycles. The van der Waals surface area contributed by atoms with Crippen molar-refractivity contribution in [3.05, 3.63) is 89.0 Å². The molecule has 6 rings (SSSR count). The number of carbonyl (C=O) groups is 1. The van der Waals surface area contributed by atoms with Crippen molar-refractivity contribution in [2.45, 2.75) is 49.6 Å². The zero-order valence-corrected chi connectivity index (χ0v) is 19.8. The summed E-state index contributed by atoms with van der Waals surface area (Å²) in [7, 11) is 0. The van der Waals surface area contributed by atoms with Gasteiger partial charge in [-0.1, -0.05) is 60.7 Å². The third kappa shape index (κ3) is 4.19. The zero-order chi connectivity index (χ0) is 25.5. The first kappa shape index (κ1) is 23.7. The van der Waals surface area contributed by atoms with Crippen LogP contribution in [0.25, 0.3) is 0 Å². The average Bonchev–Trinajstić information content (AvgIpc) is 3.39. The lowest BCUT2D eigenvalue weighted by molar-refractivity contribution is -0.180. The van der Waals surface area contributed by atoms with Crippen molar-refractivity contribution < 1.29 is 39.1 Å². The Labute approximate surface area is 213 Å². The fraction of sp³-hybridized carbons (Fsp3) is 0.321. The maximum atomic E-state index is 13.3. The largest absolute Gasteiger partial charge is 0.484 e. The van der Waals surface area contributed by atoms with Crippen molar-refractivity contribution in [2.75, 3.05) is 6.79 Å². The van der Waals surface area contributed by atoms with E-state index in [1.54, 1.807) is 6.07 Å². The molecular weight excluding hydrogens is 478 g/mol. The third-order valence-corrected chi connectivity index (χ3v) is 7.19. The highest BCUT2D eigenvalue weighted by Gasteiger charge is 2.54. The van der Waals surface area contributed by atoms with Crippen LogP contribution in [0.2, 0.25) is 0 Å². The van der Waals surface area contributed by atoms with Gasteiger partial charge in [-0.3, -0.25) is 4.79 Å². The molecule has 9 nitrogen and oxygen atoms in total. The summed E-state index contributed by atoms with van der Waals surface area (Å²) in [4.78, 5) is 13.3. The Balaban J connectivity index is 1.36. The Bertz CT molecular complexity index is 1280. The van der Waals surface area contributed by atoms with Gasteiger partial charge in [0.05, 0.1) is 24.3 Å². The molecule has 0 bridgehead atoms. The lowest BCUT2D eigenvalue weighted by atomic mass is 9.70. The van der Waals surface area contributed by atoms with Crippen LogP contribution >= 0.6 is 0 Å². The number of nitrogens with one attached hydrogen (secondary N) is 1. The molecule has 2 heterocycles. The molecule has 6 atom stereocenters. The highest BCUT2D eigenvalue weighted by molar-refractivity contribution is 6.02. The van der Waals surface area contributed by atoms with Gasteiger partial charge in [-0.05, 0) is 22.8 Å². The molecule has 1 saturated carbocycles. The lowest BCUT2D eigenvalue weighted by Gasteiger charge is -2.48. The Kier molecular flexibility index (Phi) is 6.21. The Hall–Kier alpha value is -3.63. The van der Waals surface area contributed by atoms with Crippen LogP contribution in [0.5, 0.6) is 17.2 Å². The quantitative estimate of drug-likeness (QED) is 0.400. The number of ether oxygens (including phenoxy) is 4. The molecule has 37 heavy (non-hydrogen) atoms. The van der Waals surface area contributed by atoms with Crippen LogP contribution in [0.4, 0.5) is 0 Å². The van der Waals surface area contributed by atoms with Crippen molar-refractivity contribution in [3.63, 3.8) is 0 Å². The minimum Gasteiger partial charge on any atom is -0.484 e. The Morgan fingerprint density at radius 3 is 2.24 bits per heavy atom. The van der Waals surface area contributed by atoms with Gasteiger partial charge in [0.25, 0.3) is 5.91 Å². The molecule has 0 unspecified atom stereocenters. The summed E-state index contributed by atoms with van der Waals surface area (Å²) in [5.41, 5.74) is 2.39. The minimum atomic E-state index is -1.41. The SMILES string of the molecule is O=C1N[C@H]2[C@H](O)[C@H](O)[C@@H](OCc3ccccc3)[C@H](O)[C@@H]2c2cc3c(c(OCc4ccccc4)c21)OCO3. The standard InChI is InChI=1S/C28H27NO8/c30-22-19-17-11-18-25(37-14-36-18)26(34-12-15-7-3-1-4-8-15)20(17)28(33)29-21(19)23(31)24(32)27(22)35-13-16-9-5-2-6-10-16/h1-11,19,21-24,27,30-32H,12-14H2,(H,29,33)/t19-,21-,22-,23+,24+,27+/m1/s1. The van der Waals surface area contributed by atoms with Crippen LogP contribution in [0.15, 0.2) is 66.7 Å². The summed E-state index contributed by atoms with van der Waals surface area (Å²) in [6, 6.07) is 19.5. The number of hydrogen-bond acceptors (Lipinski definition) is 8. The number of aliphatic hydroxyl groups is 3. The molecule has 2 aliphatic heterocycles. The molecule has 3 aromatic rings. The van der Waals surface area contributed by atoms with Crippen LogP contribution in [0.1, 0.15) is 33.0 Å². The number of amides is 1. The molecule has 192 valence electrons. The van der Waals surface area contributed by atoms with Gasteiger partial charge in [0, 0.05) is 5.92 Å². The van der Waals surface area contributed by atoms with Crippen LogP contribution < -0.4 is 19.5 Å². The minimum absolute atomic E-state index is 0.0393. The summed E-state index contributed by atoms with van der Waals surface area (Å²) in [5.74, 6) is -0.393. The van der Waals surface area contributed by atoms with E-state index in [2.05, 4.69) is 5.32 Å². The maximum Gasteiger partial charge on any atom is 0.255 e. The average molecular weight is 506 g/mol. The molecule has 0 spiro atoms. The van der Waals surface area contributed by atoms with Crippen molar-refractivity contribution in [3.8, 4) is 17.2 Å². The molecule has 9 heteroatoms. The van der Waals surface area contributed by atoms with Gasteiger partial charge in [-0.2, -0.15) is 0 Å². The smallest absolute Gasteiger partial charge is 0.255 e. The van der Waals surface area contributed by atoms with E-state index in [-0.39, 0.29) is 31.3 Å². The number of rotatable bonds is 6. The fourth-order valence-electron chi connectivity index (χ4n) is 5.37. The van der Waals surface area contributed by atoms with Gasteiger partial charge < -0.3 is 39.6 Å². The zero-order valence-electron chi connectivity index (χ0n) is 19.8. The first-order chi connectivity index (χ1) is 18.0. The number of fused-ring (bicyclic) bond motifs is 4. The van der Waals surface area contributed by atoms with Gasteiger partial charge in [0.1, 0.15) is 24.9 Å². The van der Waals surface area contributed by atoms with Gasteiger partial charge in [0.15, 0.2) is 11.5 Å². The first-order valence-corrected chi connectivity index (χ1v) is 12.2. The molecule has 0 aromatic heterocycles. The summed E-state index contributed by atoms with van der Waals surface area (Å²) in [5, 5.41) is 36.0. The van der Waals surface area contributed by atoms with E-state index in [4.69, 9.17) is 18.9 Å². The van der Waals surface area contributed by atoms with Crippen LogP contribution in [-0.4, -0.2) is 58.5 Å². The van der Waals surface area contributed by atoms with Crippen molar-refractivity contribution in [1.82, 2.24) is 5.32 Å². The van der Waals surface area contributed by atoms with E-state index in [0.29, 0.717) is 17.1 Å². The topological polar surface area (TPSA) is 127 Å². The molecule has 0 radical (unpaired) electrons. The monoisotopic (exact) mass is 505 g/mol. The molecule has 1 fully saturated rings. The highest BCUT2D eigenvalue weighted by Crippen LogP contribution is 2.51. The Morgan fingerprint density at radius 2 is 1.54 bits per heavy atom. The van der Waals surface area contributed by atoms with Gasteiger partial charge in [0.2, 0.25) is 12.5 Å². The maximum absolute atomic E-state index is 13.3. The second kappa shape index (κ2) is 9.68. The summed E-state index contributed by atoms with van der Waals surface area (Å²) in [6.07, 6.45) is -5.12. The molecule has 0 saturated heterocycles. The Morgan fingerprint density at radius 1 is 0.865 bits per heavy atom. The van der Waals surface area contributed by atoms with Gasteiger partial charge in [-0.15, -0.1) is 0 Å². The van der Waals surface area contributed by atoms with Crippen LogP contribution in [-0.2, 0) is 18.0 Å². The van der Waals surface area contributed by atoms with Crippen LogP contribution in [0, 0.1) is 0 Å². The number of benzene rings is 3. The molecule has 4 N–H and O–H groups in total. The molecule has 3 aliphatic rings. The highest BCUT2D eigenvalue weighted by atomic mass is 16.7. The van der Waals surface area contributed by atoms with E-state index >= 15 is 0 Å². The van der Waals surface area contributed by atoms with Crippen molar-refractivity contribution >= 4 is 5.91 Å². The van der Waals surface area contributed by atoms with E-state index in [9.17, 15) is 20.1 Å². The van der Waals surface area contributed by atoms with E-state index < -0.39 is 42.3 Å². The lowest BCUT2D eigenvalue weighted by Crippen LogP contribution is -2.67. The number of carbonyl (C=O) groups excluding carboxylic acids is 1. The molecule has 3 aromatic carbocycles. The second-order valence-corrected chi connectivity index (χ2v) is 9.44. The third-order valence-electron chi connectivity index (χ3n) is 7.19. The molecular formula is C28H27NO8. The van der Waals surface area contributed by atoms with E-state index in [1.807, 2.05) is 60.7 Å². The first-order valence-electron chi connectivity index (χ1n) is 12.2.